The first-order valence-electron chi connectivity index (χ1n) is 11.1. The zero-order chi connectivity index (χ0) is 20.8. The predicted octanol–water partition coefficient (Wildman–Crippen LogP) is 3.25. The molecule has 3 rings (SSSR count). The number of rotatable bonds is 5. The molecule has 1 aliphatic heterocycles. The van der Waals surface area contributed by atoms with Crippen molar-refractivity contribution in [3.05, 3.63) is 28.8 Å². The second kappa shape index (κ2) is 9.99. The standard InChI is InChI=1S/C23H36N4O2/c1-4-24-23(25-14-18-12-16(2)21(28)17(3)13-18)26-20-10-11-27(15-20)22(29)19-8-6-5-7-9-19/h12-13,19-20,28H,4-11,14-15H2,1-3H3,(H2,24,25,26). The fourth-order valence-corrected chi connectivity index (χ4v) is 4.51. The predicted molar refractivity (Wildman–Crippen MR) is 117 cm³/mol. The lowest BCUT2D eigenvalue weighted by Crippen LogP contribution is -2.45. The van der Waals surface area contributed by atoms with Gasteiger partial charge < -0.3 is 20.6 Å². The van der Waals surface area contributed by atoms with E-state index in [9.17, 15) is 9.90 Å². The SMILES string of the molecule is CCNC(=NCc1cc(C)c(O)c(C)c1)NC1CCN(C(=O)C2CCCCC2)C1. The van der Waals surface area contributed by atoms with Gasteiger partial charge in [0.25, 0.3) is 0 Å². The Kier molecular flexibility index (Phi) is 7.40. The minimum absolute atomic E-state index is 0.239. The Morgan fingerprint density at radius 2 is 1.86 bits per heavy atom. The number of amides is 1. The van der Waals surface area contributed by atoms with Crippen molar-refractivity contribution in [1.29, 1.82) is 0 Å². The Morgan fingerprint density at radius 3 is 2.52 bits per heavy atom. The molecule has 2 aliphatic rings. The number of hydrogen-bond donors (Lipinski definition) is 3. The summed E-state index contributed by atoms with van der Waals surface area (Å²) in [7, 11) is 0. The number of aryl methyl sites for hydroxylation is 2. The van der Waals surface area contributed by atoms with E-state index in [2.05, 4.69) is 17.6 Å². The number of likely N-dealkylation sites (tertiary alicyclic amines) is 1. The minimum Gasteiger partial charge on any atom is -0.507 e. The first kappa shape index (κ1) is 21.5. The number of phenolic OH excluding ortho intramolecular Hbond substituents is 1. The molecule has 1 unspecified atom stereocenters. The average Bonchev–Trinajstić information content (AvgIpc) is 3.19. The van der Waals surface area contributed by atoms with E-state index < -0.39 is 0 Å². The largest absolute Gasteiger partial charge is 0.507 e. The van der Waals surface area contributed by atoms with Gasteiger partial charge in [-0.25, -0.2) is 4.99 Å². The molecule has 1 saturated carbocycles. The number of carbonyl (C=O) groups is 1. The molecule has 6 heteroatoms. The van der Waals surface area contributed by atoms with Crippen LogP contribution in [-0.2, 0) is 11.3 Å². The van der Waals surface area contributed by atoms with Crippen LogP contribution < -0.4 is 10.6 Å². The maximum absolute atomic E-state index is 12.8. The van der Waals surface area contributed by atoms with Crippen LogP contribution in [0.5, 0.6) is 5.75 Å². The summed E-state index contributed by atoms with van der Waals surface area (Å²) in [6.45, 7) is 8.82. The summed E-state index contributed by atoms with van der Waals surface area (Å²) in [5, 5.41) is 16.8. The van der Waals surface area contributed by atoms with Gasteiger partial charge in [-0.15, -0.1) is 0 Å². The molecule has 1 saturated heterocycles. The van der Waals surface area contributed by atoms with Gasteiger partial charge in [0.05, 0.1) is 6.54 Å². The van der Waals surface area contributed by atoms with Crippen LogP contribution in [0.2, 0.25) is 0 Å². The fourth-order valence-electron chi connectivity index (χ4n) is 4.51. The van der Waals surface area contributed by atoms with Crippen LogP contribution in [0.15, 0.2) is 17.1 Å². The van der Waals surface area contributed by atoms with Crippen molar-refractivity contribution in [2.75, 3.05) is 19.6 Å². The van der Waals surface area contributed by atoms with Gasteiger partial charge in [-0.05, 0) is 56.7 Å². The molecule has 0 bridgehead atoms. The number of nitrogens with zero attached hydrogens (tertiary/aromatic N) is 2. The Bertz CT molecular complexity index is 717. The number of aromatic hydroxyl groups is 1. The summed E-state index contributed by atoms with van der Waals surface area (Å²) in [5.41, 5.74) is 2.83. The van der Waals surface area contributed by atoms with Crippen molar-refractivity contribution in [3.63, 3.8) is 0 Å². The molecule has 0 radical (unpaired) electrons. The van der Waals surface area contributed by atoms with Gasteiger partial charge in [0.2, 0.25) is 5.91 Å². The highest BCUT2D eigenvalue weighted by Crippen LogP contribution is 2.27. The highest BCUT2D eigenvalue weighted by Gasteiger charge is 2.31. The summed E-state index contributed by atoms with van der Waals surface area (Å²) < 4.78 is 0. The molecule has 29 heavy (non-hydrogen) atoms. The zero-order valence-corrected chi connectivity index (χ0v) is 18.1. The maximum atomic E-state index is 12.8. The van der Waals surface area contributed by atoms with Crippen LogP contribution in [0, 0.1) is 19.8 Å². The maximum Gasteiger partial charge on any atom is 0.225 e. The smallest absolute Gasteiger partial charge is 0.225 e. The molecule has 2 fully saturated rings. The molecule has 0 aromatic heterocycles. The van der Waals surface area contributed by atoms with Crippen molar-refractivity contribution in [3.8, 4) is 5.75 Å². The molecule has 3 N–H and O–H groups in total. The molecule has 160 valence electrons. The lowest BCUT2D eigenvalue weighted by molar-refractivity contribution is -0.135. The number of phenols is 1. The third kappa shape index (κ3) is 5.64. The number of hydrogen-bond acceptors (Lipinski definition) is 3. The second-order valence-electron chi connectivity index (χ2n) is 8.52. The molecular formula is C23H36N4O2. The van der Waals surface area contributed by atoms with Gasteiger partial charge in [-0.1, -0.05) is 31.4 Å². The highest BCUT2D eigenvalue weighted by molar-refractivity contribution is 5.81. The van der Waals surface area contributed by atoms with Crippen LogP contribution in [0.25, 0.3) is 0 Å². The first-order valence-corrected chi connectivity index (χ1v) is 11.1. The lowest BCUT2D eigenvalue weighted by atomic mass is 9.88. The van der Waals surface area contributed by atoms with Crippen molar-refractivity contribution >= 4 is 11.9 Å². The number of guanidine groups is 1. The van der Waals surface area contributed by atoms with E-state index in [4.69, 9.17) is 4.99 Å². The average molecular weight is 401 g/mol. The van der Waals surface area contributed by atoms with E-state index in [0.29, 0.717) is 18.2 Å². The molecule has 1 aromatic carbocycles. The second-order valence-corrected chi connectivity index (χ2v) is 8.52. The lowest BCUT2D eigenvalue weighted by Gasteiger charge is -2.26. The van der Waals surface area contributed by atoms with Gasteiger partial charge in [-0.3, -0.25) is 4.79 Å². The van der Waals surface area contributed by atoms with Crippen LogP contribution in [0.4, 0.5) is 0 Å². The Hall–Kier alpha value is -2.24. The zero-order valence-electron chi connectivity index (χ0n) is 18.1. The molecule has 1 aromatic rings. The third-order valence-electron chi connectivity index (χ3n) is 6.11. The van der Waals surface area contributed by atoms with Crippen molar-refractivity contribution < 1.29 is 9.90 Å². The highest BCUT2D eigenvalue weighted by atomic mass is 16.3. The fraction of sp³-hybridized carbons (Fsp3) is 0.652. The van der Waals surface area contributed by atoms with Gasteiger partial charge in [0, 0.05) is 31.6 Å². The van der Waals surface area contributed by atoms with E-state index in [1.165, 1.54) is 19.3 Å². The molecule has 1 heterocycles. The number of aliphatic imine (C=N–C) groups is 1. The molecule has 1 aliphatic carbocycles. The van der Waals surface area contributed by atoms with Crippen LogP contribution in [-0.4, -0.2) is 47.5 Å². The quantitative estimate of drug-likeness (QED) is 0.524. The monoisotopic (exact) mass is 400 g/mol. The molecule has 6 nitrogen and oxygen atoms in total. The van der Waals surface area contributed by atoms with E-state index in [1.807, 2.05) is 30.9 Å². The first-order chi connectivity index (χ1) is 14.0. The van der Waals surface area contributed by atoms with E-state index in [-0.39, 0.29) is 12.0 Å². The Labute approximate surface area is 174 Å². The van der Waals surface area contributed by atoms with Crippen LogP contribution >= 0.6 is 0 Å². The van der Waals surface area contributed by atoms with E-state index in [0.717, 1.165) is 61.5 Å². The van der Waals surface area contributed by atoms with Gasteiger partial charge in [0.1, 0.15) is 5.75 Å². The summed E-state index contributed by atoms with van der Waals surface area (Å²) in [6, 6.07) is 4.20. The summed E-state index contributed by atoms with van der Waals surface area (Å²) in [4.78, 5) is 19.6. The molecular weight excluding hydrogens is 364 g/mol. The molecule has 0 spiro atoms. The van der Waals surface area contributed by atoms with Gasteiger partial charge in [-0.2, -0.15) is 0 Å². The van der Waals surface area contributed by atoms with Crippen molar-refractivity contribution in [2.45, 2.75) is 71.9 Å². The molecule has 1 atom stereocenters. The number of benzene rings is 1. The van der Waals surface area contributed by atoms with Gasteiger partial charge >= 0.3 is 0 Å². The summed E-state index contributed by atoms with van der Waals surface area (Å²) in [6.07, 6.45) is 6.74. The topological polar surface area (TPSA) is 77.0 Å². The number of carbonyl (C=O) groups excluding carboxylic acids is 1. The Morgan fingerprint density at radius 1 is 1.17 bits per heavy atom. The van der Waals surface area contributed by atoms with Crippen LogP contribution in [0.3, 0.4) is 0 Å². The van der Waals surface area contributed by atoms with E-state index >= 15 is 0 Å². The van der Waals surface area contributed by atoms with Gasteiger partial charge in [0.15, 0.2) is 5.96 Å². The van der Waals surface area contributed by atoms with Crippen molar-refractivity contribution in [2.24, 2.45) is 10.9 Å². The molecule has 1 amide bonds. The van der Waals surface area contributed by atoms with Crippen LogP contribution in [0.1, 0.15) is 62.1 Å². The minimum atomic E-state index is 0.239. The summed E-state index contributed by atoms with van der Waals surface area (Å²) in [5.74, 6) is 1.74. The number of nitrogens with one attached hydrogen (secondary N) is 2. The van der Waals surface area contributed by atoms with E-state index in [1.54, 1.807) is 0 Å². The Balaban J connectivity index is 1.57. The summed E-state index contributed by atoms with van der Waals surface area (Å²) >= 11 is 0. The normalized spacial score (nSPS) is 20.7. The van der Waals surface area contributed by atoms with Crippen molar-refractivity contribution in [1.82, 2.24) is 15.5 Å². The third-order valence-corrected chi connectivity index (χ3v) is 6.11.